The van der Waals surface area contributed by atoms with E-state index in [9.17, 15) is 10.1 Å². The van der Waals surface area contributed by atoms with Gasteiger partial charge in [-0.25, -0.2) is 0 Å². The second kappa shape index (κ2) is 7.95. The van der Waals surface area contributed by atoms with Gasteiger partial charge in [0.2, 0.25) is 11.8 Å². The maximum absolute atomic E-state index is 10.8. The highest BCUT2D eigenvalue weighted by molar-refractivity contribution is 7.99. The third-order valence-corrected chi connectivity index (χ3v) is 6.04. The summed E-state index contributed by atoms with van der Waals surface area (Å²) in [6, 6.07) is 16.1. The number of para-hydroxylation sites is 1. The van der Waals surface area contributed by atoms with Gasteiger partial charge in [0.05, 0.1) is 10.2 Å². The molecule has 156 valence electrons. The Labute approximate surface area is 181 Å². The second-order valence-corrected chi connectivity index (χ2v) is 8.60. The van der Waals surface area contributed by atoms with Gasteiger partial charge < -0.3 is 4.42 Å². The number of nitro benzene ring substituents is 1. The molecule has 0 spiro atoms. The summed E-state index contributed by atoms with van der Waals surface area (Å²) in [5.41, 5.74) is 1.67. The van der Waals surface area contributed by atoms with Gasteiger partial charge in [0.25, 0.3) is 5.69 Å². The van der Waals surface area contributed by atoms with Gasteiger partial charge in [-0.2, -0.15) is 0 Å². The van der Waals surface area contributed by atoms with Crippen LogP contribution in [0.15, 0.2) is 64.2 Å². The largest absolute Gasteiger partial charge is 0.419 e. The molecule has 4 aromatic rings. The number of nitrogens with zero attached hydrogens (tertiary/aromatic N) is 6. The molecule has 0 bridgehead atoms. The fourth-order valence-corrected chi connectivity index (χ4v) is 4.14. The number of rotatable bonds is 7. The van der Waals surface area contributed by atoms with Crippen LogP contribution in [0.5, 0.6) is 0 Å². The highest BCUT2D eigenvalue weighted by atomic mass is 32.2. The number of hydrogen-bond acceptors (Lipinski definition) is 8. The molecule has 1 aliphatic rings. The molecule has 2 aromatic carbocycles. The molecule has 1 saturated carbocycles. The van der Waals surface area contributed by atoms with Crippen LogP contribution in [0.1, 0.15) is 42.6 Å². The molecule has 1 fully saturated rings. The van der Waals surface area contributed by atoms with Crippen LogP contribution in [0.25, 0.3) is 17.1 Å². The lowest BCUT2D eigenvalue weighted by atomic mass is 10.2. The first-order valence-electron chi connectivity index (χ1n) is 9.86. The summed E-state index contributed by atoms with van der Waals surface area (Å²) in [7, 11) is 0. The zero-order valence-electron chi connectivity index (χ0n) is 16.6. The van der Waals surface area contributed by atoms with E-state index in [4.69, 9.17) is 4.42 Å². The van der Waals surface area contributed by atoms with E-state index < -0.39 is 4.92 Å². The predicted molar refractivity (Wildman–Crippen MR) is 114 cm³/mol. The monoisotopic (exact) mass is 434 g/mol. The van der Waals surface area contributed by atoms with Crippen molar-refractivity contribution in [2.45, 2.75) is 36.1 Å². The first-order chi connectivity index (χ1) is 15.1. The van der Waals surface area contributed by atoms with Crippen LogP contribution in [0.4, 0.5) is 5.69 Å². The predicted octanol–water partition coefficient (Wildman–Crippen LogP) is 4.96. The second-order valence-electron chi connectivity index (χ2n) is 7.30. The summed E-state index contributed by atoms with van der Waals surface area (Å²) in [4.78, 5) is 10.4. The van der Waals surface area contributed by atoms with Crippen molar-refractivity contribution in [2.24, 2.45) is 0 Å². The highest BCUT2D eigenvalue weighted by Gasteiger charge is 2.32. The minimum atomic E-state index is -0.444. The number of aromatic nitrogens is 5. The molecule has 2 aromatic heterocycles. The maximum atomic E-state index is 10.8. The highest BCUT2D eigenvalue weighted by Crippen LogP contribution is 2.43. The molecule has 0 amide bonds. The fraction of sp³-hybridized carbons (Fsp3) is 0.238. The molecular formula is C21H18N6O3S. The average Bonchev–Trinajstić information content (AvgIpc) is 3.36. The molecule has 1 atom stereocenters. The van der Waals surface area contributed by atoms with Gasteiger partial charge in [0, 0.05) is 29.3 Å². The fourth-order valence-electron chi connectivity index (χ4n) is 3.23. The Hall–Kier alpha value is -3.53. The van der Waals surface area contributed by atoms with Crippen molar-refractivity contribution in [3.05, 3.63) is 76.4 Å². The number of benzene rings is 2. The Morgan fingerprint density at radius 3 is 2.48 bits per heavy atom. The molecule has 0 saturated heterocycles. The van der Waals surface area contributed by atoms with Crippen LogP contribution >= 0.6 is 11.8 Å². The van der Waals surface area contributed by atoms with Crippen LogP contribution in [0.3, 0.4) is 0 Å². The number of hydrogen-bond donors (Lipinski definition) is 0. The standard InChI is InChI=1S/C21H18N6O3S/c1-13(19-23-24-20(30-19)15-9-11-17(12-10-15)27(28)29)31-21-25-22-18(14-7-8-14)26(21)16-5-3-2-4-6-16/h2-6,9-14H,7-8H2,1H3. The van der Waals surface area contributed by atoms with E-state index in [1.807, 2.05) is 37.3 Å². The van der Waals surface area contributed by atoms with Crippen LogP contribution in [-0.2, 0) is 0 Å². The minimum absolute atomic E-state index is 0.0131. The van der Waals surface area contributed by atoms with Crippen molar-refractivity contribution >= 4 is 17.4 Å². The molecule has 1 unspecified atom stereocenters. The first kappa shape index (κ1) is 19.4. The zero-order chi connectivity index (χ0) is 21.4. The quantitative estimate of drug-likeness (QED) is 0.228. The van der Waals surface area contributed by atoms with E-state index in [1.54, 1.807) is 12.1 Å². The summed E-state index contributed by atoms with van der Waals surface area (Å²) in [6.45, 7) is 1.97. The molecule has 2 heterocycles. The van der Waals surface area contributed by atoms with Crippen molar-refractivity contribution in [3.8, 4) is 17.1 Å². The molecule has 31 heavy (non-hydrogen) atoms. The topological polar surface area (TPSA) is 113 Å². The summed E-state index contributed by atoms with van der Waals surface area (Å²) >= 11 is 1.50. The minimum Gasteiger partial charge on any atom is -0.419 e. The molecule has 0 radical (unpaired) electrons. The van der Waals surface area contributed by atoms with Gasteiger partial charge in [-0.1, -0.05) is 30.0 Å². The van der Waals surface area contributed by atoms with E-state index in [2.05, 4.69) is 25.0 Å². The van der Waals surface area contributed by atoms with Crippen LogP contribution in [0, 0.1) is 10.1 Å². The Kier molecular flexibility index (Phi) is 4.99. The van der Waals surface area contributed by atoms with Crippen molar-refractivity contribution in [1.82, 2.24) is 25.0 Å². The number of nitro groups is 1. The molecular weight excluding hydrogens is 416 g/mol. The van der Waals surface area contributed by atoms with Gasteiger partial charge in [-0.05, 0) is 44.0 Å². The Bertz CT molecular complexity index is 1220. The lowest BCUT2D eigenvalue weighted by Crippen LogP contribution is -2.02. The van der Waals surface area contributed by atoms with Crippen molar-refractivity contribution in [1.29, 1.82) is 0 Å². The zero-order valence-corrected chi connectivity index (χ0v) is 17.4. The third-order valence-electron chi connectivity index (χ3n) is 5.01. The van der Waals surface area contributed by atoms with Gasteiger partial charge in [0.1, 0.15) is 5.82 Å². The Balaban J connectivity index is 1.39. The lowest BCUT2D eigenvalue weighted by molar-refractivity contribution is -0.384. The third kappa shape index (κ3) is 3.93. The van der Waals surface area contributed by atoms with Crippen molar-refractivity contribution in [3.63, 3.8) is 0 Å². The summed E-state index contributed by atoms with van der Waals surface area (Å²) in [6.07, 6.45) is 2.26. The van der Waals surface area contributed by atoms with E-state index in [0.717, 1.165) is 29.5 Å². The van der Waals surface area contributed by atoms with Crippen molar-refractivity contribution < 1.29 is 9.34 Å². The van der Waals surface area contributed by atoms with Crippen LogP contribution in [0.2, 0.25) is 0 Å². The number of non-ortho nitro benzene ring substituents is 1. The van der Waals surface area contributed by atoms with E-state index in [-0.39, 0.29) is 10.9 Å². The van der Waals surface area contributed by atoms with Gasteiger partial charge in [-0.3, -0.25) is 14.7 Å². The molecule has 0 N–H and O–H groups in total. The maximum Gasteiger partial charge on any atom is 0.269 e. The Morgan fingerprint density at radius 1 is 1.06 bits per heavy atom. The number of thioether (sulfide) groups is 1. The SMILES string of the molecule is CC(Sc1nnc(C2CC2)n1-c1ccccc1)c1nnc(-c2ccc([N+](=O)[O-])cc2)o1. The molecule has 9 nitrogen and oxygen atoms in total. The van der Waals surface area contributed by atoms with Crippen LogP contribution in [-0.4, -0.2) is 29.9 Å². The lowest BCUT2D eigenvalue weighted by Gasteiger charge is -2.11. The van der Waals surface area contributed by atoms with Gasteiger partial charge >= 0.3 is 0 Å². The summed E-state index contributed by atoms with van der Waals surface area (Å²) in [5.74, 6) is 2.21. The first-order valence-corrected chi connectivity index (χ1v) is 10.7. The summed E-state index contributed by atoms with van der Waals surface area (Å²) in [5, 5.41) is 28.6. The van der Waals surface area contributed by atoms with Crippen LogP contribution < -0.4 is 0 Å². The Morgan fingerprint density at radius 2 is 1.81 bits per heavy atom. The van der Waals surface area contributed by atoms with E-state index in [1.165, 1.54) is 23.9 Å². The average molecular weight is 434 g/mol. The van der Waals surface area contributed by atoms with Gasteiger partial charge in [0.15, 0.2) is 5.16 Å². The molecule has 10 heteroatoms. The van der Waals surface area contributed by atoms with E-state index >= 15 is 0 Å². The molecule has 5 rings (SSSR count). The van der Waals surface area contributed by atoms with E-state index in [0.29, 0.717) is 23.3 Å². The smallest absolute Gasteiger partial charge is 0.269 e. The molecule has 1 aliphatic carbocycles. The normalized spacial score (nSPS) is 14.5. The molecule has 0 aliphatic heterocycles. The summed E-state index contributed by atoms with van der Waals surface area (Å²) < 4.78 is 7.95. The van der Waals surface area contributed by atoms with Crippen molar-refractivity contribution in [2.75, 3.05) is 0 Å². The van der Waals surface area contributed by atoms with Gasteiger partial charge in [-0.15, -0.1) is 20.4 Å².